The summed E-state index contributed by atoms with van der Waals surface area (Å²) in [6, 6.07) is 5.05. The van der Waals surface area contributed by atoms with Gasteiger partial charge in [0, 0.05) is 28.2 Å². The normalized spacial score (nSPS) is 12.7. The lowest BCUT2D eigenvalue weighted by Crippen LogP contribution is -2.38. The number of aromatic nitrogens is 4. The lowest BCUT2D eigenvalue weighted by atomic mass is 9.85. The number of carbonyl (C=O) groups is 1. The SMILES string of the molecule is CC(C)(C)C(CCNC(=O)O)Nc1ncc2[nH]c(=O)n(Cc3c(Cl)cccc3Cl)c2n1. The molecule has 0 spiro atoms. The number of carboxylic acid groups (broad SMARTS) is 1. The van der Waals surface area contributed by atoms with Gasteiger partial charge >= 0.3 is 11.8 Å². The molecule has 2 aromatic heterocycles. The fourth-order valence-corrected chi connectivity index (χ4v) is 3.72. The molecule has 0 saturated carbocycles. The van der Waals surface area contributed by atoms with Gasteiger partial charge in [0.05, 0.1) is 12.7 Å². The maximum absolute atomic E-state index is 12.5. The topological polar surface area (TPSA) is 125 Å². The molecule has 1 unspecified atom stereocenters. The highest BCUT2D eigenvalue weighted by Crippen LogP contribution is 2.27. The Hall–Kier alpha value is -2.78. The highest BCUT2D eigenvalue weighted by molar-refractivity contribution is 6.36. The number of amides is 1. The molecule has 0 saturated heterocycles. The maximum Gasteiger partial charge on any atom is 0.404 e. The van der Waals surface area contributed by atoms with Gasteiger partial charge in [0.2, 0.25) is 5.95 Å². The Balaban J connectivity index is 1.92. The minimum atomic E-state index is -1.07. The summed E-state index contributed by atoms with van der Waals surface area (Å²) in [6.07, 6.45) is 0.998. The number of imidazole rings is 1. The molecule has 9 nitrogen and oxygen atoms in total. The second-order valence-corrected chi connectivity index (χ2v) is 9.05. The van der Waals surface area contributed by atoms with Crippen LogP contribution in [0, 0.1) is 5.41 Å². The molecule has 1 atom stereocenters. The molecule has 0 aliphatic rings. The third kappa shape index (κ3) is 5.48. The van der Waals surface area contributed by atoms with Crippen molar-refractivity contribution in [2.24, 2.45) is 5.41 Å². The van der Waals surface area contributed by atoms with Crippen LogP contribution in [-0.2, 0) is 6.54 Å². The Kier molecular flexibility index (Phi) is 6.76. The molecule has 1 amide bonds. The molecular weight excluding hydrogens is 443 g/mol. The maximum atomic E-state index is 12.5. The average Bonchev–Trinajstić information content (AvgIpc) is 2.97. The van der Waals surface area contributed by atoms with Crippen molar-refractivity contribution in [3.63, 3.8) is 0 Å². The van der Waals surface area contributed by atoms with Crippen LogP contribution in [0.1, 0.15) is 32.8 Å². The summed E-state index contributed by atoms with van der Waals surface area (Å²) < 4.78 is 1.45. The van der Waals surface area contributed by atoms with E-state index in [9.17, 15) is 9.59 Å². The Labute approximate surface area is 188 Å². The number of nitrogens with one attached hydrogen (secondary N) is 3. The summed E-state index contributed by atoms with van der Waals surface area (Å²) in [7, 11) is 0. The van der Waals surface area contributed by atoms with Gasteiger partial charge in [-0.1, -0.05) is 50.0 Å². The van der Waals surface area contributed by atoms with Crippen LogP contribution in [0.25, 0.3) is 11.2 Å². The summed E-state index contributed by atoms with van der Waals surface area (Å²) in [4.78, 5) is 34.9. The van der Waals surface area contributed by atoms with E-state index in [0.29, 0.717) is 39.1 Å². The van der Waals surface area contributed by atoms with Crippen LogP contribution in [0.2, 0.25) is 10.0 Å². The number of hydrogen-bond acceptors (Lipinski definition) is 5. The van der Waals surface area contributed by atoms with Crippen LogP contribution in [0.3, 0.4) is 0 Å². The number of nitrogens with zero attached hydrogens (tertiary/aromatic N) is 3. The molecule has 0 bridgehead atoms. The van der Waals surface area contributed by atoms with Crippen molar-refractivity contribution in [3.05, 3.63) is 50.5 Å². The van der Waals surface area contributed by atoms with Crippen LogP contribution in [-0.4, -0.2) is 43.3 Å². The molecule has 2 heterocycles. The van der Waals surface area contributed by atoms with Gasteiger partial charge in [-0.3, -0.25) is 4.57 Å². The third-order valence-electron chi connectivity index (χ3n) is 4.95. The molecule has 166 valence electrons. The predicted octanol–water partition coefficient (Wildman–Crippen LogP) is 3.96. The van der Waals surface area contributed by atoms with E-state index in [1.165, 1.54) is 10.8 Å². The van der Waals surface area contributed by atoms with Gasteiger partial charge in [-0.25, -0.2) is 14.6 Å². The van der Waals surface area contributed by atoms with Gasteiger partial charge in [-0.15, -0.1) is 0 Å². The van der Waals surface area contributed by atoms with E-state index < -0.39 is 6.09 Å². The Morgan fingerprint density at radius 1 is 1.29 bits per heavy atom. The van der Waals surface area contributed by atoms with Crippen LogP contribution in [0.4, 0.5) is 10.7 Å². The van der Waals surface area contributed by atoms with E-state index in [2.05, 4.69) is 25.6 Å². The first-order valence-corrected chi connectivity index (χ1v) is 10.4. The molecule has 3 aromatic rings. The van der Waals surface area contributed by atoms with Gasteiger partial charge in [-0.2, -0.15) is 4.98 Å². The van der Waals surface area contributed by atoms with Crippen LogP contribution < -0.4 is 16.3 Å². The number of benzene rings is 1. The summed E-state index contributed by atoms with van der Waals surface area (Å²) in [5.41, 5.74) is 0.972. The second kappa shape index (κ2) is 9.15. The number of fused-ring (bicyclic) bond motifs is 1. The summed E-state index contributed by atoms with van der Waals surface area (Å²) >= 11 is 12.5. The summed E-state index contributed by atoms with van der Waals surface area (Å²) in [6.45, 7) is 6.55. The Morgan fingerprint density at radius 3 is 2.58 bits per heavy atom. The van der Waals surface area contributed by atoms with Gasteiger partial charge in [-0.05, 0) is 24.0 Å². The summed E-state index contributed by atoms with van der Waals surface area (Å²) in [5.74, 6) is 0.334. The first-order chi connectivity index (χ1) is 14.6. The van der Waals surface area contributed by atoms with Crippen LogP contribution in [0.15, 0.2) is 29.2 Å². The number of hydrogen-bond donors (Lipinski definition) is 4. The molecule has 11 heteroatoms. The average molecular weight is 467 g/mol. The number of H-pyrrole nitrogens is 1. The van der Waals surface area contributed by atoms with Gasteiger partial charge in [0.25, 0.3) is 0 Å². The first-order valence-electron chi connectivity index (χ1n) is 9.68. The fourth-order valence-electron chi connectivity index (χ4n) is 3.20. The molecule has 0 aliphatic carbocycles. The highest BCUT2D eigenvalue weighted by atomic mass is 35.5. The zero-order valence-electron chi connectivity index (χ0n) is 17.4. The number of anilines is 1. The molecule has 3 rings (SSSR count). The first kappa shape index (κ1) is 22.9. The lowest BCUT2D eigenvalue weighted by Gasteiger charge is -2.31. The molecular formula is C20H24Cl2N6O3. The number of aromatic amines is 1. The predicted molar refractivity (Wildman–Crippen MR) is 121 cm³/mol. The molecule has 0 radical (unpaired) electrons. The lowest BCUT2D eigenvalue weighted by molar-refractivity contribution is 0.193. The molecule has 1 aromatic carbocycles. The van der Waals surface area contributed by atoms with Crippen molar-refractivity contribution in [1.29, 1.82) is 0 Å². The van der Waals surface area contributed by atoms with Crippen LogP contribution >= 0.6 is 23.2 Å². The second-order valence-electron chi connectivity index (χ2n) is 8.23. The van der Waals surface area contributed by atoms with Gasteiger partial charge in [0.15, 0.2) is 5.65 Å². The standard InChI is InChI=1S/C20H24Cl2N6O3/c1-20(2,3)15(7-8-23-19(30)31)26-17-24-9-14-16(27-17)28(18(29)25-14)10-11-12(21)5-4-6-13(11)22/h4-6,9,15,23H,7-8,10H2,1-3H3,(H,25,29)(H,30,31)(H,24,26,27). The largest absolute Gasteiger partial charge is 0.465 e. The van der Waals surface area contributed by atoms with Crippen molar-refractivity contribution in [2.45, 2.75) is 39.8 Å². The van der Waals surface area contributed by atoms with Gasteiger partial charge in [0.1, 0.15) is 5.52 Å². The number of rotatable bonds is 7. The number of halogens is 2. The van der Waals surface area contributed by atoms with Crippen molar-refractivity contribution in [3.8, 4) is 0 Å². The van der Waals surface area contributed by atoms with Crippen molar-refractivity contribution < 1.29 is 9.90 Å². The molecule has 4 N–H and O–H groups in total. The zero-order chi connectivity index (χ0) is 22.8. The van der Waals surface area contributed by atoms with Crippen LogP contribution in [0.5, 0.6) is 0 Å². The quantitative estimate of drug-likeness (QED) is 0.417. The van der Waals surface area contributed by atoms with E-state index in [-0.39, 0.29) is 30.2 Å². The highest BCUT2D eigenvalue weighted by Gasteiger charge is 2.25. The molecule has 0 fully saturated rings. The van der Waals surface area contributed by atoms with E-state index in [1.807, 2.05) is 20.8 Å². The van der Waals surface area contributed by atoms with Gasteiger partial charge < -0.3 is 20.7 Å². The molecule has 0 aliphatic heterocycles. The summed E-state index contributed by atoms with van der Waals surface area (Å²) in [5, 5.41) is 15.4. The zero-order valence-corrected chi connectivity index (χ0v) is 18.9. The molecule has 31 heavy (non-hydrogen) atoms. The smallest absolute Gasteiger partial charge is 0.404 e. The van der Waals surface area contributed by atoms with E-state index in [1.54, 1.807) is 18.2 Å². The third-order valence-corrected chi connectivity index (χ3v) is 5.66. The fraction of sp³-hybridized carbons (Fsp3) is 0.400. The van der Waals surface area contributed by atoms with Crippen molar-refractivity contribution in [2.75, 3.05) is 11.9 Å². The minimum absolute atomic E-state index is 0.117. The van der Waals surface area contributed by atoms with Crippen molar-refractivity contribution >= 4 is 46.4 Å². The Morgan fingerprint density at radius 2 is 1.97 bits per heavy atom. The van der Waals surface area contributed by atoms with E-state index in [0.717, 1.165) is 0 Å². The van der Waals surface area contributed by atoms with E-state index in [4.69, 9.17) is 28.3 Å². The monoisotopic (exact) mass is 466 g/mol. The minimum Gasteiger partial charge on any atom is -0.465 e. The van der Waals surface area contributed by atoms with E-state index >= 15 is 0 Å². The Bertz CT molecular complexity index is 1130. The van der Waals surface area contributed by atoms with Crippen molar-refractivity contribution in [1.82, 2.24) is 24.8 Å².